The first-order valence-corrected chi connectivity index (χ1v) is 9.86. The van der Waals surface area contributed by atoms with E-state index >= 15 is 0 Å². The van der Waals surface area contributed by atoms with Crippen molar-refractivity contribution in [1.29, 1.82) is 0 Å². The number of hydrogen-bond acceptors (Lipinski definition) is 2. The lowest BCUT2D eigenvalue weighted by molar-refractivity contribution is -0.121. The third kappa shape index (κ3) is 4.88. The molecule has 2 aromatic carbocycles. The normalized spacial score (nSPS) is 14.9. The van der Waals surface area contributed by atoms with Crippen LogP contribution in [0.1, 0.15) is 23.2 Å². The van der Waals surface area contributed by atoms with Crippen LogP contribution in [-0.2, 0) is 4.79 Å². The molecule has 0 radical (unpaired) electrons. The average molecular weight is 446 g/mol. The molecule has 1 aliphatic heterocycles. The zero-order valence-electron chi connectivity index (χ0n) is 14.1. The number of carbonyl (C=O) groups is 2. The summed E-state index contributed by atoms with van der Waals surface area (Å²) in [7, 11) is 0. The van der Waals surface area contributed by atoms with Gasteiger partial charge >= 0.3 is 0 Å². The Bertz CT molecular complexity index is 880. The Kier molecular flexibility index (Phi) is 6.53. The van der Waals surface area contributed by atoms with E-state index in [9.17, 15) is 9.59 Å². The van der Waals surface area contributed by atoms with Crippen molar-refractivity contribution < 1.29 is 9.59 Å². The maximum atomic E-state index is 12.6. The minimum absolute atomic E-state index is 0.115. The number of halogens is 4. The Balaban J connectivity index is 1.59. The third-order valence-corrected chi connectivity index (χ3v) is 5.60. The molecule has 0 saturated carbocycles. The number of nitrogens with one attached hydrogen (secondary N) is 1. The number of amides is 2. The van der Waals surface area contributed by atoms with Crippen LogP contribution in [0.3, 0.4) is 0 Å². The van der Waals surface area contributed by atoms with Crippen LogP contribution in [0.25, 0.3) is 0 Å². The van der Waals surface area contributed by atoms with E-state index in [-0.39, 0.29) is 17.7 Å². The van der Waals surface area contributed by atoms with Gasteiger partial charge in [-0.1, -0.05) is 46.4 Å². The van der Waals surface area contributed by atoms with Gasteiger partial charge in [0.25, 0.3) is 5.91 Å². The van der Waals surface area contributed by atoms with Crippen molar-refractivity contribution in [2.75, 3.05) is 18.4 Å². The van der Waals surface area contributed by atoms with E-state index in [2.05, 4.69) is 5.32 Å². The standard InChI is InChI=1S/C19H16Cl4N2O2/c20-12-1-3-14(15(22)9-12)19(27)25-7-5-11(6-8-25)18(26)24-17-4-2-13(21)10-16(17)23/h1-4,9-11H,5-8H2,(H,24,26). The van der Waals surface area contributed by atoms with Crippen LogP contribution in [0.15, 0.2) is 36.4 Å². The highest BCUT2D eigenvalue weighted by atomic mass is 35.5. The van der Waals surface area contributed by atoms with Crippen molar-refractivity contribution in [1.82, 2.24) is 4.90 Å². The number of nitrogens with zero attached hydrogens (tertiary/aromatic N) is 1. The van der Waals surface area contributed by atoms with Crippen LogP contribution >= 0.6 is 46.4 Å². The summed E-state index contributed by atoms with van der Waals surface area (Å²) in [6.45, 7) is 0.953. The van der Waals surface area contributed by atoms with Gasteiger partial charge in [0.15, 0.2) is 0 Å². The van der Waals surface area contributed by atoms with Gasteiger partial charge in [-0.15, -0.1) is 0 Å². The molecule has 1 N–H and O–H groups in total. The quantitative estimate of drug-likeness (QED) is 0.649. The molecule has 2 amide bonds. The topological polar surface area (TPSA) is 49.4 Å². The Morgan fingerprint density at radius 1 is 0.889 bits per heavy atom. The predicted molar refractivity (Wildman–Crippen MR) is 110 cm³/mol. The van der Waals surface area contributed by atoms with Gasteiger partial charge in [0, 0.05) is 29.1 Å². The molecule has 0 atom stereocenters. The molecule has 1 aliphatic rings. The molecular weight excluding hydrogens is 430 g/mol. The maximum absolute atomic E-state index is 12.6. The molecule has 4 nitrogen and oxygen atoms in total. The van der Waals surface area contributed by atoms with Gasteiger partial charge in [-0.3, -0.25) is 9.59 Å². The summed E-state index contributed by atoms with van der Waals surface area (Å²) >= 11 is 24.0. The summed E-state index contributed by atoms with van der Waals surface area (Å²) in [4.78, 5) is 26.8. The van der Waals surface area contributed by atoms with E-state index < -0.39 is 0 Å². The average Bonchev–Trinajstić information content (AvgIpc) is 2.63. The molecule has 0 bridgehead atoms. The van der Waals surface area contributed by atoms with Crippen LogP contribution < -0.4 is 5.32 Å². The number of rotatable bonds is 3. The van der Waals surface area contributed by atoms with Crippen molar-refractivity contribution in [3.63, 3.8) is 0 Å². The summed E-state index contributed by atoms with van der Waals surface area (Å²) in [5.74, 6) is -0.464. The number of benzene rings is 2. The zero-order chi connectivity index (χ0) is 19.6. The predicted octanol–water partition coefficient (Wildman–Crippen LogP) is 5.79. The van der Waals surface area contributed by atoms with Crippen LogP contribution in [0.4, 0.5) is 5.69 Å². The Hall–Kier alpha value is -1.46. The Morgan fingerprint density at radius 2 is 1.48 bits per heavy atom. The van der Waals surface area contributed by atoms with Crippen LogP contribution in [-0.4, -0.2) is 29.8 Å². The summed E-state index contributed by atoms with van der Waals surface area (Å²) in [6.07, 6.45) is 1.13. The first-order chi connectivity index (χ1) is 12.8. The summed E-state index contributed by atoms with van der Waals surface area (Å²) in [6, 6.07) is 9.72. The highest BCUT2D eigenvalue weighted by Crippen LogP contribution is 2.28. The Labute approximate surface area is 177 Å². The van der Waals surface area contributed by atoms with Gasteiger partial charge in [-0.2, -0.15) is 0 Å². The molecule has 0 spiro atoms. The molecule has 142 valence electrons. The molecule has 1 fully saturated rings. The van der Waals surface area contributed by atoms with Crippen LogP contribution in [0.2, 0.25) is 20.1 Å². The van der Waals surface area contributed by atoms with Crippen LogP contribution in [0, 0.1) is 5.92 Å². The number of carbonyl (C=O) groups excluding carboxylic acids is 2. The van der Waals surface area contributed by atoms with E-state index in [0.717, 1.165) is 0 Å². The Morgan fingerprint density at radius 3 is 2.07 bits per heavy atom. The van der Waals surface area contributed by atoms with E-state index in [1.54, 1.807) is 41.3 Å². The second-order valence-electron chi connectivity index (χ2n) is 6.30. The fourth-order valence-corrected chi connectivity index (χ4v) is 3.95. The number of likely N-dealkylation sites (tertiary alicyclic amines) is 1. The van der Waals surface area contributed by atoms with Crippen molar-refractivity contribution in [2.45, 2.75) is 12.8 Å². The molecule has 1 heterocycles. The minimum atomic E-state index is -0.193. The van der Waals surface area contributed by atoms with Gasteiger partial charge in [-0.25, -0.2) is 0 Å². The van der Waals surface area contributed by atoms with E-state index in [1.165, 1.54) is 0 Å². The highest BCUT2D eigenvalue weighted by molar-refractivity contribution is 6.37. The van der Waals surface area contributed by atoms with E-state index in [1.807, 2.05) is 0 Å². The van der Waals surface area contributed by atoms with Crippen molar-refractivity contribution in [3.05, 3.63) is 62.1 Å². The molecule has 1 saturated heterocycles. The van der Waals surface area contributed by atoms with E-state index in [0.29, 0.717) is 57.3 Å². The molecule has 8 heteroatoms. The van der Waals surface area contributed by atoms with Gasteiger partial charge < -0.3 is 10.2 Å². The van der Waals surface area contributed by atoms with Gasteiger partial charge in [0.1, 0.15) is 0 Å². The molecule has 0 aromatic heterocycles. The first-order valence-electron chi connectivity index (χ1n) is 8.35. The summed E-state index contributed by atoms with van der Waals surface area (Å²) in [5, 5.41) is 4.53. The lowest BCUT2D eigenvalue weighted by atomic mass is 9.95. The highest BCUT2D eigenvalue weighted by Gasteiger charge is 2.29. The van der Waals surface area contributed by atoms with Crippen molar-refractivity contribution in [2.24, 2.45) is 5.92 Å². The smallest absolute Gasteiger partial charge is 0.255 e. The molecular formula is C19H16Cl4N2O2. The molecule has 2 aromatic rings. The fraction of sp³-hybridized carbons (Fsp3) is 0.263. The SMILES string of the molecule is O=C(Nc1ccc(Cl)cc1Cl)C1CCN(C(=O)c2ccc(Cl)cc2Cl)CC1. The minimum Gasteiger partial charge on any atom is -0.339 e. The lowest BCUT2D eigenvalue weighted by Gasteiger charge is -2.31. The van der Waals surface area contributed by atoms with Crippen molar-refractivity contribution >= 4 is 63.9 Å². The fourth-order valence-electron chi connectivity index (χ4n) is 3.00. The maximum Gasteiger partial charge on any atom is 0.255 e. The molecule has 27 heavy (non-hydrogen) atoms. The second-order valence-corrected chi connectivity index (χ2v) is 7.99. The molecule has 0 unspecified atom stereocenters. The summed E-state index contributed by atoms with van der Waals surface area (Å²) < 4.78 is 0. The largest absolute Gasteiger partial charge is 0.339 e. The first kappa shape index (κ1) is 20.3. The van der Waals surface area contributed by atoms with Gasteiger partial charge in [0.2, 0.25) is 5.91 Å². The third-order valence-electron chi connectivity index (χ3n) is 4.50. The lowest BCUT2D eigenvalue weighted by Crippen LogP contribution is -2.41. The monoisotopic (exact) mass is 444 g/mol. The van der Waals surface area contributed by atoms with Crippen LogP contribution in [0.5, 0.6) is 0 Å². The number of anilines is 1. The number of hydrogen-bond donors (Lipinski definition) is 1. The van der Waals surface area contributed by atoms with E-state index in [4.69, 9.17) is 46.4 Å². The van der Waals surface area contributed by atoms with Crippen molar-refractivity contribution in [3.8, 4) is 0 Å². The summed E-state index contributed by atoms with van der Waals surface area (Å²) in [5.41, 5.74) is 0.939. The van der Waals surface area contributed by atoms with Gasteiger partial charge in [0.05, 0.1) is 21.3 Å². The number of piperidine rings is 1. The van der Waals surface area contributed by atoms with Gasteiger partial charge in [-0.05, 0) is 49.2 Å². The molecule has 3 rings (SSSR count). The zero-order valence-corrected chi connectivity index (χ0v) is 17.2. The molecule has 0 aliphatic carbocycles. The second kappa shape index (κ2) is 8.70.